The lowest BCUT2D eigenvalue weighted by atomic mass is 9.98. The van der Waals surface area contributed by atoms with Crippen LogP contribution in [0.5, 0.6) is 0 Å². The highest BCUT2D eigenvalue weighted by Crippen LogP contribution is 2.39. The van der Waals surface area contributed by atoms with Crippen molar-refractivity contribution in [1.82, 2.24) is 5.32 Å². The fourth-order valence-electron chi connectivity index (χ4n) is 2.20. The molecule has 2 rings (SSSR count). The molecule has 5 nitrogen and oxygen atoms in total. The van der Waals surface area contributed by atoms with Crippen molar-refractivity contribution >= 4 is 27.5 Å². The number of amides is 1. The van der Waals surface area contributed by atoms with E-state index in [9.17, 15) is 17.6 Å². The van der Waals surface area contributed by atoms with Gasteiger partial charge < -0.3 is 5.32 Å². The van der Waals surface area contributed by atoms with Gasteiger partial charge >= 0.3 is 0 Å². The smallest absolute Gasteiger partial charge is 0.254 e. The molecule has 1 aromatic carbocycles. The zero-order chi connectivity index (χ0) is 16.0. The molecule has 1 aromatic rings. The summed E-state index contributed by atoms with van der Waals surface area (Å²) in [5.74, 6) is -1.57. The van der Waals surface area contributed by atoms with Gasteiger partial charge in [-0.3, -0.25) is 4.79 Å². The van der Waals surface area contributed by atoms with Gasteiger partial charge in [-0.2, -0.15) is 0 Å². The van der Waals surface area contributed by atoms with Crippen LogP contribution in [0.4, 0.5) is 4.39 Å². The fourth-order valence-corrected chi connectivity index (χ4v) is 3.14. The summed E-state index contributed by atoms with van der Waals surface area (Å²) in [4.78, 5) is 11.4. The van der Waals surface area contributed by atoms with Gasteiger partial charge in [-0.1, -0.05) is 11.6 Å². The van der Waals surface area contributed by atoms with E-state index >= 15 is 0 Å². The summed E-state index contributed by atoms with van der Waals surface area (Å²) in [6.45, 7) is 3.68. The highest BCUT2D eigenvalue weighted by Gasteiger charge is 2.39. The maximum Gasteiger partial charge on any atom is 0.254 e. The summed E-state index contributed by atoms with van der Waals surface area (Å²) >= 11 is 5.75. The normalized spacial score (nSPS) is 15.9. The van der Waals surface area contributed by atoms with Gasteiger partial charge in [0.25, 0.3) is 5.91 Å². The zero-order valence-electron chi connectivity index (χ0n) is 11.6. The van der Waals surface area contributed by atoms with Gasteiger partial charge in [-0.25, -0.2) is 17.9 Å². The Morgan fingerprint density at radius 2 is 2.00 bits per heavy atom. The van der Waals surface area contributed by atoms with Crippen LogP contribution < -0.4 is 10.5 Å². The van der Waals surface area contributed by atoms with E-state index in [0.29, 0.717) is 5.92 Å². The molecule has 0 radical (unpaired) electrons. The van der Waals surface area contributed by atoms with Gasteiger partial charge in [0, 0.05) is 10.6 Å². The first-order valence-corrected chi connectivity index (χ1v) is 8.29. The van der Waals surface area contributed by atoms with E-state index in [4.69, 9.17) is 16.7 Å². The van der Waals surface area contributed by atoms with Crippen LogP contribution in [0.25, 0.3) is 0 Å². The summed E-state index contributed by atoms with van der Waals surface area (Å²) in [5.41, 5.74) is -0.923. The van der Waals surface area contributed by atoms with Gasteiger partial charge in [-0.15, -0.1) is 0 Å². The van der Waals surface area contributed by atoms with Crippen molar-refractivity contribution in [3.63, 3.8) is 0 Å². The predicted octanol–water partition coefficient (Wildman–Crippen LogP) is 2.04. The molecule has 0 heterocycles. The van der Waals surface area contributed by atoms with Crippen molar-refractivity contribution in [1.29, 1.82) is 0 Å². The number of carbonyl (C=O) groups is 1. The van der Waals surface area contributed by atoms with Crippen LogP contribution in [0.2, 0.25) is 5.02 Å². The average molecular weight is 335 g/mol. The Hall–Kier alpha value is -1.18. The van der Waals surface area contributed by atoms with Crippen molar-refractivity contribution in [3.05, 3.63) is 28.5 Å². The van der Waals surface area contributed by atoms with Gasteiger partial charge in [-0.05, 0) is 44.7 Å². The second-order valence-corrected chi connectivity index (χ2v) is 7.73. The number of halogens is 2. The van der Waals surface area contributed by atoms with Crippen LogP contribution >= 0.6 is 11.6 Å². The number of hydrogen-bond donors (Lipinski definition) is 2. The van der Waals surface area contributed by atoms with Gasteiger partial charge in [0.2, 0.25) is 10.0 Å². The standard InChI is InChI=1S/C13H16ClFN2O3S/c1-13(2,7-3-4-7)17-12(18)9-5-8(14)6-10(11(9)15)21(16,19)20/h5-7H,3-4H2,1-2H3,(H,17,18)(H2,16,19,20). The molecule has 0 aliphatic heterocycles. The molecule has 3 N–H and O–H groups in total. The number of nitrogens with two attached hydrogens (primary N) is 1. The Kier molecular flexibility index (Phi) is 4.03. The van der Waals surface area contributed by atoms with Gasteiger partial charge in [0.1, 0.15) is 4.90 Å². The molecular formula is C13H16ClFN2O3S. The summed E-state index contributed by atoms with van der Waals surface area (Å²) in [6.07, 6.45) is 1.99. The Morgan fingerprint density at radius 3 is 2.48 bits per heavy atom. The molecule has 21 heavy (non-hydrogen) atoms. The molecule has 0 aromatic heterocycles. The molecule has 1 aliphatic carbocycles. The molecular weight excluding hydrogens is 319 g/mol. The summed E-state index contributed by atoms with van der Waals surface area (Å²) in [6, 6.07) is 1.97. The number of sulfonamides is 1. The average Bonchev–Trinajstić information content (AvgIpc) is 3.13. The third-order valence-corrected chi connectivity index (χ3v) is 4.72. The lowest BCUT2D eigenvalue weighted by Gasteiger charge is -2.26. The molecule has 0 atom stereocenters. The Balaban J connectivity index is 2.39. The molecule has 1 saturated carbocycles. The van der Waals surface area contributed by atoms with Crippen LogP contribution in [0.15, 0.2) is 17.0 Å². The highest BCUT2D eigenvalue weighted by atomic mass is 35.5. The fraction of sp³-hybridized carbons (Fsp3) is 0.462. The minimum atomic E-state index is -4.30. The van der Waals surface area contributed by atoms with Crippen molar-refractivity contribution in [2.45, 2.75) is 37.1 Å². The largest absolute Gasteiger partial charge is 0.347 e. The lowest BCUT2D eigenvalue weighted by molar-refractivity contribution is 0.0898. The molecule has 1 aliphatic rings. The lowest BCUT2D eigenvalue weighted by Crippen LogP contribution is -2.45. The van der Waals surface area contributed by atoms with Crippen molar-refractivity contribution in [2.75, 3.05) is 0 Å². The summed E-state index contributed by atoms with van der Waals surface area (Å²) < 4.78 is 36.9. The maximum absolute atomic E-state index is 14.2. The Labute approximate surface area is 127 Å². The third-order valence-electron chi connectivity index (χ3n) is 3.59. The van der Waals surface area contributed by atoms with Crippen molar-refractivity contribution < 1.29 is 17.6 Å². The Bertz CT molecular complexity index is 700. The topological polar surface area (TPSA) is 89.3 Å². The first-order chi connectivity index (χ1) is 9.52. The molecule has 0 unspecified atom stereocenters. The number of nitrogens with one attached hydrogen (secondary N) is 1. The Morgan fingerprint density at radius 1 is 1.43 bits per heavy atom. The monoisotopic (exact) mass is 334 g/mol. The predicted molar refractivity (Wildman–Crippen MR) is 77.1 cm³/mol. The van der Waals surface area contributed by atoms with Crippen LogP contribution in [-0.4, -0.2) is 19.9 Å². The minimum Gasteiger partial charge on any atom is -0.347 e. The van der Waals surface area contributed by atoms with Crippen LogP contribution in [0.3, 0.4) is 0 Å². The molecule has 116 valence electrons. The molecule has 0 saturated heterocycles. The van der Waals surface area contributed by atoms with E-state index in [0.717, 1.165) is 25.0 Å². The summed E-state index contributed by atoms with van der Waals surface area (Å²) in [5, 5.41) is 7.56. The van der Waals surface area contributed by atoms with Crippen LogP contribution in [0.1, 0.15) is 37.0 Å². The number of rotatable bonds is 4. The van der Waals surface area contributed by atoms with Gasteiger partial charge in [0.05, 0.1) is 5.56 Å². The molecule has 8 heteroatoms. The number of benzene rings is 1. The quantitative estimate of drug-likeness (QED) is 0.883. The SMILES string of the molecule is CC(C)(NC(=O)c1cc(Cl)cc(S(N)(=O)=O)c1F)C1CC1. The van der Waals surface area contributed by atoms with E-state index in [2.05, 4.69) is 5.32 Å². The third kappa shape index (κ3) is 3.53. The number of primary sulfonamides is 1. The second-order valence-electron chi connectivity index (χ2n) is 5.76. The molecule has 0 spiro atoms. The molecule has 1 fully saturated rings. The van der Waals surface area contributed by atoms with E-state index in [-0.39, 0.29) is 5.02 Å². The highest BCUT2D eigenvalue weighted by molar-refractivity contribution is 7.89. The first kappa shape index (κ1) is 16.2. The number of carbonyl (C=O) groups excluding carboxylic acids is 1. The molecule has 1 amide bonds. The minimum absolute atomic E-state index is 0.0743. The van der Waals surface area contributed by atoms with Crippen LogP contribution in [0, 0.1) is 11.7 Å². The van der Waals surface area contributed by atoms with E-state index in [1.54, 1.807) is 0 Å². The van der Waals surface area contributed by atoms with Gasteiger partial charge in [0.15, 0.2) is 5.82 Å². The van der Waals surface area contributed by atoms with Crippen LogP contribution in [-0.2, 0) is 10.0 Å². The summed E-state index contributed by atoms with van der Waals surface area (Å²) in [7, 11) is -4.30. The maximum atomic E-state index is 14.2. The van der Waals surface area contributed by atoms with Crippen molar-refractivity contribution in [3.8, 4) is 0 Å². The first-order valence-electron chi connectivity index (χ1n) is 6.37. The molecule has 0 bridgehead atoms. The van der Waals surface area contributed by atoms with E-state index in [1.807, 2.05) is 13.8 Å². The number of hydrogen-bond acceptors (Lipinski definition) is 3. The van der Waals surface area contributed by atoms with E-state index < -0.39 is 37.7 Å². The van der Waals surface area contributed by atoms with E-state index in [1.165, 1.54) is 0 Å². The van der Waals surface area contributed by atoms with Crippen molar-refractivity contribution in [2.24, 2.45) is 11.1 Å². The zero-order valence-corrected chi connectivity index (χ0v) is 13.2. The second kappa shape index (κ2) is 5.23.